The van der Waals surface area contributed by atoms with Gasteiger partial charge in [0, 0.05) is 6.60 Å². The van der Waals surface area contributed by atoms with Gasteiger partial charge >= 0.3 is 18.9 Å². The maximum absolute atomic E-state index is 2.61. The molecule has 1 spiro atoms. The van der Waals surface area contributed by atoms with Crippen molar-refractivity contribution in [2.45, 2.75) is 112 Å². The summed E-state index contributed by atoms with van der Waals surface area (Å²) in [7, 11) is 0. The molecule has 0 atom stereocenters. The van der Waals surface area contributed by atoms with E-state index in [4.69, 9.17) is 0 Å². The van der Waals surface area contributed by atoms with Crippen LogP contribution in [0.4, 0.5) is 0 Å². The third-order valence-corrected chi connectivity index (χ3v) is 11.0. The van der Waals surface area contributed by atoms with Gasteiger partial charge in [0.1, 0.15) is 0 Å². The maximum atomic E-state index is 2.61. The van der Waals surface area contributed by atoms with Crippen molar-refractivity contribution < 1.29 is 18.9 Å². The van der Waals surface area contributed by atoms with E-state index in [0.29, 0.717) is 6.60 Å². The first-order chi connectivity index (χ1) is 19.8. The Bertz CT molecular complexity index is 1700. The van der Waals surface area contributed by atoms with Gasteiger partial charge in [0.25, 0.3) is 0 Å². The van der Waals surface area contributed by atoms with E-state index in [9.17, 15) is 0 Å². The second-order valence-electron chi connectivity index (χ2n) is 17.9. The predicted octanol–water partition coefficient (Wildman–Crippen LogP) is 5.42. The molecule has 0 fully saturated rings. The summed E-state index contributed by atoms with van der Waals surface area (Å²) in [6, 6.07) is 28.4. The van der Waals surface area contributed by atoms with Gasteiger partial charge in [0.05, 0.1) is 6.04 Å². The van der Waals surface area contributed by atoms with Crippen molar-refractivity contribution in [1.82, 2.24) is 0 Å². The standard InChI is InChI=1S/C41H51B2.Li/c1-38(2,3)26-14-18-30-31-19-15-27(39(4,5)6)23-35(31)43(42(13)34(30)22-26)36-24-28(40(7,8)9)16-20-32(36)33-21-17-29(25-37(33)43)41(10,11)12;/h14-25H,1-13H3;/q-1;+1. The molecule has 4 aromatic rings. The molecule has 2 heterocycles. The molecule has 0 aliphatic carbocycles. The van der Waals surface area contributed by atoms with Crippen molar-refractivity contribution >= 4 is 34.5 Å². The van der Waals surface area contributed by atoms with Gasteiger partial charge in [-0.25, -0.2) is 0 Å². The maximum Gasteiger partial charge on any atom is 1.00 e. The van der Waals surface area contributed by atoms with Crippen molar-refractivity contribution in [3.05, 3.63) is 95.1 Å². The third kappa shape index (κ3) is 4.91. The van der Waals surface area contributed by atoms with E-state index in [-0.39, 0.29) is 40.5 Å². The summed E-state index contributed by atoms with van der Waals surface area (Å²) in [6.07, 6.45) is 0. The Labute approximate surface area is 281 Å². The van der Waals surface area contributed by atoms with Gasteiger partial charge in [-0.3, -0.25) is 0 Å². The molecule has 222 valence electrons. The van der Waals surface area contributed by atoms with E-state index in [0.717, 1.165) is 0 Å². The van der Waals surface area contributed by atoms with Gasteiger partial charge in [-0.15, -0.1) is 12.3 Å². The summed E-state index contributed by atoms with van der Waals surface area (Å²) in [5.74, 6) is 0. The minimum absolute atomic E-state index is 0. The van der Waals surface area contributed by atoms with Crippen molar-refractivity contribution in [3.8, 4) is 22.3 Å². The topological polar surface area (TPSA) is 0 Å². The van der Waals surface area contributed by atoms with Gasteiger partial charge in [-0.2, -0.15) is 16.4 Å². The number of rotatable bonds is 0. The van der Waals surface area contributed by atoms with Crippen molar-refractivity contribution in [3.63, 3.8) is 0 Å². The zero-order valence-corrected chi connectivity index (χ0v) is 30.1. The van der Waals surface area contributed by atoms with Crippen molar-refractivity contribution in [2.75, 3.05) is 0 Å². The van der Waals surface area contributed by atoms with E-state index in [1.807, 2.05) is 0 Å². The fourth-order valence-electron chi connectivity index (χ4n) is 8.18. The second-order valence-corrected chi connectivity index (χ2v) is 17.9. The van der Waals surface area contributed by atoms with E-state index < -0.39 is 6.04 Å². The summed E-state index contributed by atoms with van der Waals surface area (Å²) < 4.78 is 0. The Morgan fingerprint density at radius 1 is 0.409 bits per heavy atom. The molecule has 0 unspecified atom stereocenters. The first-order valence-electron chi connectivity index (χ1n) is 16.5. The fraction of sp³-hybridized carbons (Fsp3) is 0.415. The number of hydrogen-bond acceptors (Lipinski definition) is 0. The molecule has 0 N–H and O–H groups in total. The average molecular weight is 572 g/mol. The molecule has 0 saturated carbocycles. The Balaban J connectivity index is 0.00000384. The molecule has 3 heteroatoms. The largest absolute Gasteiger partial charge is 1.00 e. The van der Waals surface area contributed by atoms with Crippen LogP contribution in [0.1, 0.15) is 105 Å². The Hall–Kier alpha value is -2.39. The van der Waals surface area contributed by atoms with E-state index in [2.05, 4.69) is 163 Å². The average Bonchev–Trinajstić information content (AvgIpc) is 3.19. The molecule has 0 bridgehead atoms. The smallest absolute Gasteiger partial charge is 0.198 e. The zero-order chi connectivity index (χ0) is 31.5. The van der Waals surface area contributed by atoms with Crippen molar-refractivity contribution in [2.24, 2.45) is 0 Å². The van der Waals surface area contributed by atoms with Gasteiger partial charge in [0.15, 0.2) is 0 Å². The van der Waals surface area contributed by atoms with Gasteiger partial charge in [-0.1, -0.05) is 173 Å². The third-order valence-electron chi connectivity index (χ3n) is 11.0. The zero-order valence-electron chi connectivity index (χ0n) is 30.1. The van der Waals surface area contributed by atoms with E-state index in [1.165, 1.54) is 55.4 Å². The van der Waals surface area contributed by atoms with Crippen LogP contribution in [0.3, 0.4) is 0 Å². The minimum atomic E-state index is -1.30. The predicted molar refractivity (Wildman–Crippen MR) is 194 cm³/mol. The van der Waals surface area contributed by atoms with E-state index in [1.54, 1.807) is 10.9 Å². The Morgan fingerprint density at radius 2 is 0.682 bits per heavy atom. The van der Waals surface area contributed by atoms with Gasteiger partial charge in [-0.05, 0) is 49.5 Å². The normalized spacial score (nSPS) is 15.3. The van der Waals surface area contributed by atoms with E-state index >= 15 is 0 Å². The molecule has 0 nitrogen and oxygen atoms in total. The minimum Gasteiger partial charge on any atom is -0.198 e. The molecular weight excluding hydrogens is 521 g/mol. The quantitative estimate of drug-likeness (QED) is 0.247. The number of fused-ring (bicyclic) bond motifs is 9. The summed E-state index contributed by atoms with van der Waals surface area (Å²) in [5, 5.41) is 0. The first-order valence-corrected chi connectivity index (χ1v) is 16.5. The molecule has 2 aliphatic rings. The first kappa shape index (κ1) is 33.0. The summed E-state index contributed by atoms with van der Waals surface area (Å²) >= 11 is 0. The number of hydrogen-bond donors (Lipinski definition) is 0. The second kappa shape index (κ2) is 10.3. The SMILES string of the molecule is CB1c2cc(C(C)(C)C)ccc2-c2ccc(C(C)(C)C)cc2[B-]12c1cc(C(C)(C)C)ccc1-c1ccc(C(C)(C)C)cc12.[Li+]. The molecule has 0 radical (unpaired) electrons. The van der Waals surface area contributed by atoms with Crippen LogP contribution >= 0.6 is 0 Å². The number of benzene rings is 4. The molecule has 44 heavy (non-hydrogen) atoms. The molecule has 6 rings (SSSR count). The van der Waals surface area contributed by atoms with Crippen LogP contribution in [-0.4, -0.2) is 12.6 Å². The van der Waals surface area contributed by atoms with Crippen molar-refractivity contribution in [1.29, 1.82) is 0 Å². The molecule has 0 aromatic heterocycles. The van der Waals surface area contributed by atoms with Crippen LogP contribution in [0.25, 0.3) is 22.3 Å². The summed E-state index contributed by atoms with van der Waals surface area (Å²) in [6.45, 7) is 31.1. The van der Waals surface area contributed by atoms with Crippen LogP contribution in [0.15, 0.2) is 72.8 Å². The Morgan fingerprint density at radius 3 is 1.00 bits per heavy atom. The molecule has 0 amide bonds. The van der Waals surface area contributed by atoms with Crippen LogP contribution < -0.4 is 40.7 Å². The molecular formula is C41H51B2Li. The Kier molecular flexibility index (Phi) is 7.73. The summed E-state index contributed by atoms with van der Waals surface area (Å²) in [4.78, 5) is 0. The fourth-order valence-corrected chi connectivity index (χ4v) is 8.18. The molecule has 0 saturated heterocycles. The van der Waals surface area contributed by atoms with Crippen LogP contribution in [-0.2, 0) is 21.7 Å². The molecule has 2 aliphatic heterocycles. The van der Waals surface area contributed by atoms with Gasteiger partial charge < -0.3 is 0 Å². The monoisotopic (exact) mass is 572 g/mol. The van der Waals surface area contributed by atoms with Gasteiger partial charge in [0.2, 0.25) is 0 Å². The van der Waals surface area contributed by atoms with Crippen LogP contribution in [0.2, 0.25) is 6.82 Å². The molecule has 4 aromatic carbocycles. The van der Waals surface area contributed by atoms with Crippen LogP contribution in [0.5, 0.6) is 0 Å². The summed E-state index contributed by atoms with van der Waals surface area (Å²) in [5.41, 5.74) is 17.8. The van der Waals surface area contributed by atoms with Crippen LogP contribution in [0, 0.1) is 0 Å².